The third kappa shape index (κ3) is 58200. The van der Waals surface area contributed by atoms with Crippen LogP contribution in [0.4, 0.5) is 0 Å². The highest BCUT2D eigenvalue weighted by Gasteiger charge is 1.67. The molecule has 35 heavy (non-hydrogen) atoms. The lowest BCUT2D eigenvalue weighted by Gasteiger charge is -1.84. The Bertz CT molecular complexity index is 222. The van der Waals surface area contributed by atoms with Crippen LogP contribution in [0.25, 0.3) is 0 Å². The molecule has 2 nitrogen and oxygen atoms in total. The highest BCUT2D eigenvalue weighted by molar-refractivity contribution is 4.54. The van der Waals surface area contributed by atoms with Crippen LogP contribution in [0.15, 0.2) is 127 Å². The maximum atomic E-state index is 7.94. The van der Waals surface area contributed by atoms with Crippen molar-refractivity contribution in [2.24, 2.45) is 0 Å². The monoisotopic (exact) mass is 497 g/mol. The van der Waals surface area contributed by atoms with Gasteiger partial charge in [-0.15, -0.1) is 65.8 Å². The Hall–Kier alpha value is -2.68. The number of hydrogen-bond acceptors (Lipinski definition) is 2. The first-order chi connectivity index (χ1) is 16.6. The van der Waals surface area contributed by atoms with Crippen molar-refractivity contribution in [3.8, 4) is 0 Å². The number of allylic oxidation sites excluding steroid dienone is 10. The van der Waals surface area contributed by atoms with E-state index < -0.39 is 0 Å². The number of hydrogen-bond donors (Lipinski definition) is 1. The van der Waals surface area contributed by atoms with Crippen molar-refractivity contribution < 1.29 is 9.84 Å². The van der Waals surface area contributed by atoms with E-state index in [-0.39, 0.29) is 6.61 Å². The molecule has 0 aliphatic heterocycles. The Morgan fingerprint density at radius 1 is 0.400 bits per heavy atom. The Balaban J connectivity index is -0.0000000202. The lowest BCUT2D eigenvalue weighted by molar-refractivity contribution is 0.135. The lowest BCUT2D eigenvalue weighted by atomic mass is 10.8. The van der Waals surface area contributed by atoms with Crippen molar-refractivity contribution in [1.82, 2.24) is 0 Å². The zero-order valence-electron chi connectivity index (χ0n) is 26.1. The molecule has 0 aromatic rings. The molecule has 0 rings (SSSR count). The van der Waals surface area contributed by atoms with E-state index >= 15 is 0 Å². The minimum absolute atomic E-state index is 0.122. The molecule has 0 fully saturated rings. The van der Waals surface area contributed by atoms with Gasteiger partial charge in [0, 0.05) is 7.11 Å². The van der Waals surface area contributed by atoms with E-state index in [4.69, 9.17) is 5.11 Å². The van der Waals surface area contributed by atoms with E-state index in [1.54, 1.807) is 67.9 Å². The standard InChI is InChI=1S/C3H8O2.10C3H6/c1-5-3-2-4;10*1-3-2/h4H,2-3H2,1H3;10*3H,1H2,2H3. The highest BCUT2D eigenvalue weighted by Crippen LogP contribution is 1.56. The van der Waals surface area contributed by atoms with Gasteiger partial charge in [0.2, 0.25) is 0 Å². The van der Waals surface area contributed by atoms with Crippen LogP contribution < -0.4 is 0 Å². The van der Waals surface area contributed by atoms with E-state index in [2.05, 4.69) is 70.5 Å². The third-order valence-corrected chi connectivity index (χ3v) is 0.295. The second-order valence-electron chi connectivity index (χ2n) is 4.80. The molecule has 0 bridgehead atoms. The molecule has 0 aromatic heterocycles. The molecule has 0 heterocycles. The van der Waals surface area contributed by atoms with Crippen molar-refractivity contribution >= 4 is 0 Å². The Morgan fingerprint density at radius 2 is 0.486 bits per heavy atom. The molecule has 0 unspecified atom stereocenters. The second-order valence-corrected chi connectivity index (χ2v) is 4.80. The fourth-order valence-electron chi connectivity index (χ4n) is 0.0913. The van der Waals surface area contributed by atoms with Crippen LogP contribution in [0, 0.1) is 0 Å². The summed E-state index contributed by atoms with van der Waals surface area (Å²) in [5.41, 5.74) is 0. The number of rotatable bonds is 2. The average molecular weight is 497 g/mol. The van der Waals surface area contributed by atoms with Gasteiger partial charge < -0.3 is 9.84 Å². The van der Waals surface area contributed by atoms with Crippen molar-refractivity contribution in [3.05, 3.63) is 127 Å². The first-order valence-electron chi connectivity index (χ1n) is 11.4. The number of aliphatic hydroxyl groups excluding tert-OH is 1. The molecule has 0 spiro atoms. The summed E-state index contributed by atoms with van der Waals surface area (Å²) in [6.07, 6.45) is 17.5. The van der Waals surface area contributed by atoms with Gasteiger partial charge in [0.15, 0.2) is 0 Å². The van der Waals surface area contributed by atoms with Crippen LogP contribution in [-0.2, 0) is 4.74 Å². The molecule has 0 saturated carbocycles. The van der Waals surface area contributed by atoms with E-state index in [0.29, 0.717) is 6.61 Å². The van der Waals surface area contributed by atoms with E-state index in [1.807, 2.05) is 69.2 Å². The largest absolute Gasteiger partial charge is 0.394 e. The zero-order chi connectivity index (χ0) is 31.2. The first-order valence-corrected chi connectivity index (χ1v) is 11.4. The molecule has 0 amide bonds. The lowest BCUT2D eigenvalue weighted by Crippen LogP contribution is -1.91. The quantitative estimate of drug-likeness (QED) is 0.385. The van der Waals surface area contributed by atoms with Gasteiger partial charge in [-0.2, -0.15) is 0 Å². The number of ether oxygens (including phenoxy) is 1. The Kier molecular flexibility index (Phi) is 539. The zero-order valence-corrected chi connectivity index (χ0v) is 26.1. The molecule has 0 radical (unpaired) electrons. The summed E-state index contributed by atoms with van der Waals surface area (Å²) in [5.74, 6) is 0. The summed E-state index contributed by atoms with van der Waals surface area (Å²) >= 11 is 0. The van der Waals surface area contributed by atoms with Crippen LogP contribution >= 0.6 is 0 Å². The Labute approximate surface area is 225 Å². The van der Waals surface area contributed by atoms with Crippen molar-refractivity contribution in [2.45, 2.75) is 69.2 Å². The van der Waals surface area contributed by atoms with Crippen molar-refractivity contribution in [2.75, 3.05) is 20.3 Å². The molecule has 212 valence electrons. The van der Waals surface area contributed by atoms with Gasteiger partial charge in [-0.3, -0.25) is 0 Å². The fourth-order valence-corrected chi connectivity index (χ4v) is 0.0913. The topological polar surface area (TPSA) is 29.5 Å². The molecule has 2 heteroatoms. The van der Waals surface area contributed by atoms with Gasteiger partial charge in [-0.25, -0.2) is 0 Å². The van der Waals surface area contributed by atoms with Crippen LogP contribution in [0.2, 0.25) is 0 Å². The van der Waals surface area contributed by atoms with Gasteiger partial charge in [0.25, 0.3) is 0 Å². The van der Waals surface area contributed by atoms with Crippen molar-refractivity contribution in [3.63, 3.8) is 0 Å². The molecule has 0 aliphatic carbocycles. The summed E-state index contributed by atoms with van der Waals surface area (Å²) < 4.78 is 4.44. The van der Waals surface area contributed by atoms with Gasteiger partial charge in [-0.1, -0.05) is 60.8 Å². The van der Waals surface area contributed by atoms with Gasteiger partial charge >= 0.3 is 0 Å². The minimum atomic E-state index is 0.122. The predicted octanol–water partition coefficient (Wildman–Crippen LogP) is 11.5. The molecular weight excluding hydrogens is 428 g/mol. The van der Waals surface area contributed by atoms with Crippen LogP contribution in [0.5, 0.6) is 0 Å². The molecule has 0 aliphatic rings. The maximum absolute atomic E-state index is 7.94. The highest BCUT2D eigenvalue weighted by atomic mass is 16.5. The number of aliphatic hydroxyl groups is 1. The average Bonchev–Trinajstić information content (AvgIpc) is 2.75. The molecule has 0 aromatic carbocycles. The SMILES string of the molecule is C=CC.C=CC.C=CC.C=CC.C=CC.C=CC.C=CC.C=CC.C=CC.C=CC.COCCO. The van der Waals surface area contributed by atoms with Gasteiger partial charge in [0.05, 0.1) is 13.2 Å². The summed E-state index contributed by atoms with van der Waals surface area (Å²) in [6.45, 7) is 53.1. The summed E-state index contributed by atoms with van der Waals surface area (Å²) in [5, 5.41) is 7.94. The van der Waals surface area contributed by atoms with Crippen LogP contribution in [0.3, 0.4) is 0 Å². The van der Waals surface area contributed by atoms with Crippen molar-refractivity contribution in [1.29, 1.82) is 0 Å². The second kappa shape index (κ2) is 270. The van der Waals surface area contributed by atoms with Crippen LogP contribution in [-0.4, -0.2) is 25.4 Å². The molecule has 0 saturated heterocycles. The third-order valence-electron chi connectivity index (χ3n) is 0.295. The fraction of sp³-hybridized carbons (Fsp3) is 0.394. The van der Waals surface area contributed by atoms with E-state index in [0.717, 1.165) is 0 Å². The number of methoxy groups -OCH3 is 1. The smallest absolute Gasteiger partial charge is 0.0693 e. The maximum Gasteiger partial charge on any atom is 0.0693 e. The molecule has 0 atom stereocenters. The van der Waals surface area contributed by atoms with Gasteiger partial charge in [-0.05, 0) is 69.2 Å². The van der Waals surface area contributed by atoms with E-state index in [1.165, 1.54) is 0 Å². The molecular formula is C33H68O2. The van der Waals surface area contributed by atoms with E-state index in [9.17, 15) is 0 Å². The van der Waals surface area contributed by atoms with Crippen LogP contribution in [0.1, 0.15) is 69.2 Å². The minimum Gasteiger partial charge on any atom is -0.394 e. The van der Waals surface area contributed by atoms with Gasteiger partial charge in [0.1, 0.15) is 0 Å². The molecule has 1 N–H and O–H groups in total. The Morgan fingerprint density at radius 3 is 0.486 bits per heavy atom. The first kappa shape index (κ1) is 69.7. The summed E-state index contributed by atoms with van der Waals surface area (Å²) in [4.78, 5) is 0. The summed E-state index contributed by atoms with van der Waals surface area (Å²) in [7, 11) is 1.55. The normalized spacial score (nSPS) is 4.91. The predicted molar refractivity (Wildman–Crippen MR) is 178 cm³/mol. The summed E-state index contributed by atoms with van der Waals surface area (Å²) in [6, 6.07) is 0.